The molecular weight excluding hydrogens is 180 g/mol. The zero-order valence-electron chi connectivity index (χ0n) is 5.66. The van der Waals surface area contributed by atoms with Gasteiger partial charge in [0.05, 0.1) is 0 Å². The number of allylic oxidation sites excluding steroid dienone is 1. The first-order valence-corrected chi connectivity index (χ1v) is 6.81. The van der Waals surface area contributed by atoms with Crippen molar-refractivity contribution in [1.29, 1.82) is 0 Å². The van der Waals surface area contributed by atoms with Crippen LogP contribution in [0.2, 0.25) is 0 Å². The van der Waals surface area contributed by atoms with Gasteiger partial charge < -0.3 is 0 Å². The summed E-state index contributed by atoms with van der Waals surface area (Å²) in [5, 5.41) is 2.89. The lowest BCUT2D eigenvalue weighted by Crippen LogP contribution is -1.95. The molecule has 0 fully saturated rings. The van der Waals surface area contributed by atoms with Gasteiger partial charge in [0.1, 0.15) is 0 Å². The largest absolute Gasteiger partial charge is 0.103 e. The van der Waals surface area contributed by atoms with Crippen LogP contribution in [-0.2, 0) is 0 Å². The minimum Gasteiger partial charge on any atom is -0.103 e. The summed E-state index contributed by atoms with van der Waals surface area (Å²) in [4.78, 5) is 0. The number of hydrogen-bond acceptors (Lipinski definition) is 3. The topological polar surface area (TPSA) is 0 Å². The minimum atomic E-state index is 0.712. The summed E-state index contributed by atoms with van der Waals surface area (Å²) >= 11 is 0. The molecule has 1 aliphatic rings. The Hall–Kier alpha value is 0.530. The number of rotatable bonds is 3. The van der Waals surface area contributed by atoms with E-state index in [1.807, 2.05) is 26.7 Å². The van der Waals surface area contributed by atoms with Crippen LogP contribution >= 0.6 is 31.4 Å². The van der Waals surface area contributed by atoms with E-state index in [1.54, 1.807) is 10.8 Å². The van der Waals surface area contributed by atoms with E-state index in [2.05, 4.69) is 18.1 Å². The maximum absolute atomic E-state index is 3.70. The van der Waals surface area contributed by atoms with Crippen LogP contribution < -0.4 is 0 Å². The summed E-state index contributed by atoms with van der Waals surface area (Å²) in [6, 6.07) is 0. The van der Waals surface area contributed by atoms with Crippen molar-refractivity contribution in [3.05, 3.63) is 24.1 Å². The Kier molecular flexibility index (Phi) is 4.50. The van der Waals surface area contributed by atoms with Gasteiger partial charge in [-0.1, -0.05) is 33.7 Å². The Bertz CT molecular complexity index is 131. The molecule has 0 saturated carbocycles. The predicted molar refractivity (Wildman–Crippen MR) is 55.1 cm³/mol. The second-order valence-corrected chi connectivity index (χ2v) is 6.18. The predicted octanol–water partition coefficient (Wildman–Crippen LogP) is 3.88. The van der Waals surface area contributed by atoms with Crippen LogP contribution in [0.4, 0.5) is 0 Å². The van der Waals surface area contributed by atoms with Gasteiger partial charge in [-0.2, -0.15) is 0 Å². The van der Waals surface area contributed by atoms with Crippen molar-refractivity contribution in [3.8, 4) is 0 Å². The molecule has 10 heavy (non-hydrogen) atoms. The van der Waals surface area contributed by atoms with E-state index in [0.29, 0.717) is 5.25 Å². The average molecular weight is 190 g/mol. The van der Waals surface area contributed by atoms with Crippen LogP contribution in [0.25, 0.3) is 0 Å². The summed E-state index contributed by atoms with van der Waals surface area (Å²) in [5.74, 6) is 0. The van der Waals surface area contributed by atoms with E-state index >= 15 is 0 Å². The molecule has 0 radical (unpaired) electrons. The molecule has 0 nitrogen and oxygen atoms in total. The molecule has 1 aliphatic heterocycles. The van der Waals surface area contributed by atoms with Crippen molar-refractivity contribution in [2.75, 3.05) is 0 Å². The minimum absolute atomic E-state index is 0.712. The van der Waals surface area contributed by atoms with Gasteiger partial charge >= 0.3 is 0 Å². The summed E-state index contributed by atoms with van der Waals surface area (Å²) < 4.78 is 0. The zero-order valence-corrected chi connectivity index (χ0v) is 8.10. The Morgan fingerprint density at radius 1 is 1.60 bits per heavy atom. The van der Waals surface area contributed by atoms with E-state index in [9.17, 15) is 0 Å². The smallest absolute Gasteiger partial charge is 0.0350 e. The van der Waals surface area contributed by atoms with Gasteiger partial charge in [-0.15, -0.1) is 6.58 Å². The van der Waals surface area contributed by atoms with Crippen LogP contribution in [0.3, 0.4) is 0 Å². The molecule has 0 aromatic heterocycles. The Morgan fingerprint density at radius 2 is 2.50 bits per heavy atom. The van der Waals surface area contributed by atoms with Crippen molar-refractivity contribution >= 4 is 31.4 Å². The van der Waals surface area contributed by atoms with Crippen molar-refractivity contribution in [3.63, 3.8) is 0 Å². The maximum Gasteiger partial charge on any atom is 0.0350 e. The first-order chi connectivity index (χ1) is 4.93. The molecule has 1 atom stereocenters. The molecule has 0 amide bonds. The Morgan fingerprint density at radius 3 is 3.10 bits per heavy atom. The van der Waals surface area contributed by atoms with E-state index in [1.165, 1.54) is 6.42 Å². The molecule has 1 heterocycles. The zero-order chi connectivity index (χ0) is 7.23. The molecule has 0 N–H and O–H groups in total. The quantitative estimate of drug-likeness (QED) is 0.489. The van der Waals surface area contributed by atoms with Gasteiger partial charge in [-0.3, -0.25) is 0 Å². The Labute approximate surface area is 73.7 Å². The lowest BCUT2D eigenvalue weighted by atomic mass is 10.2. The molecule has 56 valence electrons. The van der Waals surface area contributed by atoms with Crippen molar-refractivity contribution in [1.82, 2.24) is 0 Å². The highest BCUT2D eigenvalue weighted by Crippen LogP contribution is 2.44. The van der Waals surface area contributed by atoms with Gasteiger partial charge in [0.15, 0.2) is 0 Å². The molecule has 0 spiro atoms. The van der Waals surface area contributed by atoms with E-state index in [4.69, 9.17) is 0 Å². The van der Waals surface area contributed by atoms with Crippen LogP contribution in [0.5, 0.6) is 0 Å². The first-order valence-electron chi connectivity index (χ1n) is 3.20. The first kappa shape index (κ1) is 8.62. The second-order valence-electron chi connectivity index (χ2n) is 1.99. The summed E-state index contributed by atoms with van der Waals surface area (Å²) in [6.07, 6.45) is 6.63. The van der Waals surface area contributed by atoms with E-state index in [-0.39, 0.29) is 0 Å². The van der Waals surface area contributed by atoms with E-state index < -0.39 is 0 Å². The van der Waals surface area contributed by atoms with Gasteiger partial charge in [0.25, 0.3) is 0 Å². The molecule has 0 aromatic rings. The highest BCUT2D eigenvalue weighted by molar-refractivity contribution is 9.10. The molecule has 1 unspecified atom stereocenters. The second kappa shape index (κ2) is 5.22. The fraction of sp³-hybridized carbons (Fsp3) is 0.429. The number of hydrogen-bond donors (Lipinski definition) is 0. The fourth-order valence-electron chi connectivity index (χ4n) is 0.674. The van der Waals surface area contributed by atoms with E-state index in [0.717, 1.165) is 6.42 Å². The highest BCUT2D eigenvalue weighted by Gasteiger charge is 2.07. The monoisotopic (exact) mass is 190 g/mol. The Balaban J connectivity index is 2.19. The molecule has 0 bridgehead atoms. The van der Waals surface area contributed by atoms with Crippen molar-refractivity contribution in [2.24, 2.45) is 0 Å². The summed E-state index contributed by atoms with van der Waals surface area (Å²) in [6.45, 7) is 3.70. The molecule has 0 saturated heterocycles. The van der Waals surface area contributed by atoms with Gasteiger partial charge in [-0.25, -0.2) is 0 Å². The standard InChI is InChI=1S/C7H10S3/c1-2-3-4-7-5-6-8-10-9-7/h2,5-7H,1,3-4H2. The third kappa shape index (κ3) is 3.08. The van der Waals surface area contributed by atoms with Crippen molar-refractivity contribution < 1.29 is 0 Å². The normalized spacial score (nSPS) is 24.6. The fourth-order valence-corrected chi connectivity index (χ4v) is 4.57. The molecular formula is C7H10S3. The molecule has 0 aromatic carbocycles. The third-order valence-electron chi connectivity index (χ3n) is 1.21. The molecule has 1 rings (SSSR count). The lowest BCUT2D eigenvalue weighted by Gasteiger charge is -2.12. The molecule has 0 aliphatic carbocycles. The SMILES string of the molecule is C=CCCC1C=CSSS1. The van der Waals surface area contributed by atoms with Crippen LogP contribution in [0, 0.1) is 0 Å². The van der Waals surface area contributed by atoms with Crippen LogP contribution in [-0.4, -0.2) is 5.25 Å². The third-order valence-corrected chi connectivity index (χ3v) is 5.23. The van der Waals surface area contributed by atoms with Crippen LogP contribution in [0.15, 0.2) is 24.1 Å². The maximum atomic E-state index is 3.70. The summed E-state index contributed by atoms with van der Waals surface area (Å²) in [5.41, 5.74) is 0. The van der Waals surface area contributed by atoms with Crippen LogP contribution in [0.1, 0.15) is 12.8 Å². The highest BCUT2D eigenvalue weighted by atomic mass is 33.5. The van der Waals surface area contributed by atoms with Gasteiger partial charge in [-0.05, 0) is 28.1 Å². The van der Waals surface area contributed by atoms with Gasteiger partial charge in [0, 0.05) is 5.25 Å². The molecule has 3 heteroatoms. The average Bonchev–Trinajstić information content (AvgIpc) is 2.03. The lowest BCUT2D eigenvalue weighted by molar-refractivity contribution is 0.889. The summed E-state index contributed by atoms with van der Waals surface area (Å²) in [7, 11) is 5.62. The van der Waals surface area contributed by atoms with Gasteiger partial charge in [0.2, 0.25) is 0 Å². The van der Waals surface area contributed by atoms with Crippen molar-refractivity contribution in [2.45, 2.75) is 18.1 Å².